The molecule has 0 radical (unpaired) electrons. The first kappa shape index (κ1) is 15.1. The molecule has 0 unspecified atom stereocenters. The summed E-state index contributed by atoms with van der Waals surface area (Å²) in [6.45, 7) is 11.4. The zero-order valence-corrected chi connectivity index (χ0v) is 13.5. The second-order valence-electron chi connectivity index (χ2n) is 6.23. The minimum absolute atomic E-state index is 0.124. The van der Waals surface area contributed by atoms with Crippen LogP contribution in [-0.4, -0.2) is 15.3 Å². The molecule has 0 atom stereocenters. The van der Waals surface area contributed by atoms with Gasteiger partial charge in [0.25, 0.3) is 0 Å². The largest absolute Gasteiger partial charge is 0.308 e. The van der Waals surface area contributed by atoms with E-state index in [2.05, 4.69) is 56.3 Å². The van der Waals surface area contributed by atoms with Crippen LogP contribution in [0.15, 0.2) is 24.4 Å². The number of nitrogens with one attached hydrogen (secondary N) is 1. The molecule has 3 nitrogen and oxygen atoms in total. The average molecular weight is 292 g/mol. The predicted molar refractivity (Wildman–Crippen MR) is 84.6 cm³/mol. The fourth-order valence-corrected chi connectivity index (χ4v) is 2.14. The van der Waals surface area contributed by atoms with Crippen LogP contribution in [0, 0.1) is 13.8 Å². The van der Waals surface area contributed by atoms with Crippen LogP contribution in [0.1, 0.15) is 37.6 Å². The summed E-state index contributed by atoms with van der Waals surface area (Å²) in [5, 5.41) is 8.62. The van der Waals surface area contributed by atoms with Crippen molar-refractivity contribution in [3.63, 3.8) is 0 Å². The van der Waals surface area contributed by atoms with Gasteiger partial charge in [0.15, 0.2) is 0 Å². The predicted octanol–water partition coefficient (Wildman–Crippen LogP) is 4.03. The smallest absolute Gasteiger partial charge is 0.0819 e. The SMILES string of the molecule is Cc1cc(CNC(C)(C)C)ccc1-n1cc(Cl)c(C)n1. The molecule has 0 amide bonds. The summed E-state index contributed by atoms with van der Waals surface area (Å²) in [5.41, 5.74) is 4.51. The van der Waals surface area contributed by atoms with Gasteiger partial charge in [0.1, 0.15) is 0 Å². The Morgan fingerprint density at radius 3 is 2.45 bits per heavy atom. The Hall–Kier alpha value is -1.32. The van der Waals surface area contributed by atoms with E-state index in [0.717, 1.165) is 17.9 Å². The monoisotopic (exact) mass is 291 g/mol. The number of aromatic nitrogens is 2. The van der Waals surface area contributed by atoms with E-state index in [4.69, 9.17) is 11.6 Å². The Kier molecular flexibility index (Phi) is 4.21. The van der Waals surface area contributed by atoms with Gasteiger partial charge in [-0.05, 0) is 51.8 Å². The Bertz CT molecular complexity index is 589. The summed E-state index contributed by atoms with van der Waals surface area (Å²) in [7, 11) is 0. The quantitative estimate of drug-likeness (QED) is 0.925. The zero-order chi connectivity index (χ0) is 14.9. The molecule has 108 valence electrons. The van der Waals surface area contributed by atoms with Crippen molar-refractivity contribution < 1.29 is 0 Å². The van der Waals surface area contributed by atoms with Gasteiger partial charge in [0.2, 0.25) is 0 Å². The van der Waals surface area contributed by atoms with E-state index in [0.29, 0.717) is 5.02 Å². The van der Waals surface area contributed by atoms with E-state index in [9.17, 15) is 0 Å². The molecule has 1 N–H and O–H groups in total. The Labute approximate surface area is 126 Å². The normalized spacial score (nSPS) is 11.9. The molecule has 20 heavy (non-hydrogen) atoms. The molecule has 4 heteroatoms. The number of nitrogens with zero attached hydrogens (tertiary/aromatic N) is 2. The van der Waals surface area contributed by atoms with E-state index in [1.807, 2.05) is 17.8 Å². The van der Waals surface area contributed by atoms with Gasteiger partial charge >= 0.3 is 0 Å². The summed E-state index contributed by atoms with van der Waals surface area (Å²) >= 11 is 6.07. The molecule has 0 spiro atoms. The summed E-state index contributed by atoms with van der Waals surface area (Å²) in [4.78, 5) is 0. The van der Waals surface area contributed by atoms with Gasteiger partial charge in [-0.3, -0.25) is 0 Å². The lowest BCUT2D eigenvalue weighted by molar-refractivity contribution is 0.424. The Balaban J connectivity index is 2.22. The van der Waals surface area contributed by atoms with Crippen molar-refractivity contribution in [1.29, 1.82) is 0 Å². The van der Waals surface area contributed by atoms with Crippen molar-refractivity contribution in [2.45, 2.75) is 46.7 Å². The maximum absolute atomic E-state index is 6.07. The second kappa shape index (κ2) is 5.58. The van der Waals surface area contributed by atoms with E-state index >= 15 is 0 Å². The van der Waals surface area contributed by atoms with Crippen molar-refractivity contribution >= 4 is 11.6 Å². The van der Waals surface area contributed by atoms with Gasteiger partial charge in [-0.25, -0.2) is 4.68 Å². The van der Waals surface area contributed by atoms with Gasteiger partial charge in [-0.15, -0.1) is 0 Å². The molecule has 1 heterocycles. The number of aryl methyl sites for hydroxylation is 2. The molecule has 2 rings (SSSR count). The van der Waals surface area contributed by atoms with E-state index in [1.54, 1.807) is 0 Å². The molecule has 0 fully saturated rings. The third kappa shape index (κ3) is 3.62. The first-order valence-electron chi connectivity index (χ1n) is 6.83. The van der Waals surface area contributed by atoms with Crippen LogP contribution in [0.4, 0.5) is 0 Å². The Morgan fingerprint density at radius 2 is 1.95 bits per heavy atom. The molecule has 2 aromatic rings. The molecule has 0 saturated heterocycles. The van der Waals surface area contributed by atoms with Crippen molar-refractivity contribution in [3.8, 4) is 5.69 Å². The standard InChI is InChI=1S/C16H22ClN3/c1-11-8-13(9-18-16(3,4)5)6-7-15(11)20-10-14(17)12(2)19-20/h6-8,10,18H,9H2,1-5H3. The average Bonchev–Trinajstić information content (AvgIpc) is 2.66. The highest BCUT2D eigenvalue weighted by atomic mass is 35.5. The van der Waals surface area contributed by atoms with Crippen LogP contribution in [0.5, 0.6) is 0 Å². The molecular formula is C16H22ClN3. The van der Waals surface area contributed by atoms with Crippen LogP contribution in [0.2, 0.25) is 5.02 Å². The van der Waals surface area contributed by atoms with Gasteiger partial charge in [-0.1, -0.05) is 23.7 Å². The summed E-state index contributed by atoms with van der Waals surface area (Å²) in [5.74, 6) is 0. The van der Waals surface area contributed by atoms with Crippen molar-refractivity contribution in [3.05, 3.63) is 46.2 Å². The van der Waals surface area contributed by atoms with E-state index in [1.165, 1.54) is 11.1 Å². The number of rotatable bonds is 3. The second-order valence-corrected chi connectivity index (χ2v) is 6.64. The van der Waals surface area contributed by atoms with Gasteiger partial charge < -0.3 is 5.32 Å². The highest BCUT2D eigenvalue weighted by Gasteiger charge is 2.10. The maximum Gasteiger partial charge on any atom is 0.0819 e. The summed E-state index contributed by atoms with van der Waals surface area (Å²) in [6.07, 6.45) is 1.85. The molecule has 0 saturated carbocycles. The summed E-state index contributed by atoms with van der Waals surface area (Å²) < 4.78 is 1.84. The maximum atomic E-state index is 6.07. The number of benzene rings is 1. The number of hydrogen-bond donors (Lipinski definition) is 1. The lowest BCUT2D eigenvalue weighted by atomic mass is 10.1. The minimum atomic E-state index is 0.124. The lowest BCUT2D eigenvalue weighted by Crippen LogP contribution is -2.35. The Morgan fingerprint density at radius 1 is 1.25 bits per heavy atom. The van der Waals surface area contributed by atoms with E-state index < -0.39 is 0 Å². The topological polar surface area (TPSA) is 29.9 Å². The highest BCUT2D eigenvalue weighted by Crippen LogP contribution is 2.20. The molecule has 0 aliphatic carbocycles. The van der Waals surface area contributed by atoms with Crippen molar-refractivity contribution in [2.24, 2.45) is 0 Å². The van der Waals surface area contributed by atoms with Gasteiger partial charge in [0, 0.05) is 18.3 Å². The number of hydrogen-bond acceptors (Lipinski definition) is 2. The third-order valence-electron chi connectivity index (χ3n) is 3.17. The van der Waals surface area contributed by atoms with Crippen LogP contribution in [0.3, 0.4) is 0 Å². The first-order chi connectivity index (χ1) is 9.26. The van der Waals surface area contributed by atoms with Crippen molar-refractivity contribution in [2.75, 3.05) is 0 Å². The van der Waals surface area contributed by atoms with Crippen LogP contribution >= 0.6 is 11.6 Å². The minimum Gasteiger partial charge on any atom is -0.308 e. The zero-order valence-electron chi connectivity index (χ0n) is 12.8. The molecular weight excluding hydrogens is 270 g/mol. The molecule has 1 aromatic carbocycles. The molecule has 0 aliphatic rings. The van der Waals surface area contributed by atoms with E-state index in [-0.39, 0.29) is 5.54 Å². The lowest BCUT2D eigenvalue weighted by Gasteiger charge is -2.21. The van der Waals surface area contributed by atoms with Gasteiger partial charge in [0.05, 0.1) is 16.4 Å². The number of halogens is 1. The van der Waals surface area contributed by atoms with Crippen LogP contribution < -0.4 is 5.32 Å². The van der Waals surface area contributed by atoms with Crippen LogP contribution in [-0.2, 0) is 6.54 Å². The molecule has 0 bridgehead atoms. The molecule has 1 aromatic heterocycles. The van der Waals surface area contributed by atoms with Gasteiger partial charge in [-0.2, -0.15) is 5.10 Å². The third-order valence-corrected chi connectivity index (χ3v) is 3.54. The first-order valence-corrected chi connectivity index (χ1v) is 7.21. The fraction of sp³-hybridized carbons (Fsp3) is 0.438. The highest BCUT2D eigenvalue weighted by molar-refractivity contribution is 6.31. The fourth-order valence-electron chi connectivity index (χ4n) is 2.01. The summed E-state index contributed by atoms with van der Waals surface area (Å²) in [6, 6.07) is 6.42. The van der Waals surface area contributed by atoms with Crippen molar-refractivity contribution in [1.82, 2.24) is 15.1 Å². The molecule has 0 aliphatic heterocycles. The van der Waals surface area contributed by atoms with Crippen LogP contribution in [0.25, 0.3) is 5.69 Å².